The summed E-state index contributed by atoms with van der Waals surface area (Å²) in [7, 11) is 4.35. The van der Waals surface area contributed by atoms with Crippen LogP contribution in [0.5, 0.6) is 34.5 Å². The molecule has 9 heteroatoms. The minimum atomic E-state index is -1.54. The van der Waals surface area contributed by atoms with Crippen LogP contribution in [0.15, 0.2) is 23.8 Å². The molecule has 2 aromatic carbocycles. The van der Waals surface area contributed by atoms with Crippen molar-refractivity contribution in [2.45, 2.75) is 45.8 Å². The molecule has 0 bridgehead atoms. The molecule has 0 spiro atoms. The molecule has 0 saturated carbocycles. The number of methoxy groups -OCH3 is 3. The van der Waals surface area contributed by atoms with Crippen molar-refractivity contribution in [1.29, 1.82) is 0 Å². The second-order valence-corrected chi connectivity index (χ2v) is 9.19. The van der Waals surface area contributed by atoms with Crippen LogP contribution in [0.3, 0.4) is 0 Å². The number of carbonyl (C=O) groups excluding carboxylic acids is 1. The molecule has 0 aromatic heterocycles. The molecule has 2 aliphatic rings. The van der Waals surface area contributed by atoms with Gasteiger partial charge in [0.1, 0.15) is 5.60 Å². The average molecular weight is 501 g/mol. The molecule has 3 atom stereocenters. The number of phenolic OH excluding ortho intramolecular Hbond substituents is 1. The SMILES string of the molecule is CC=C(C)C(=O)O[C@H]1c2cc(OC)c(OC)c(O)c2-c2c(cc3c(c2OC)OCO3)C[C@@H](C)[C@@]1(C)O. The van der Waals surface area contributed by atoms with Crippen molar-refractivity contribution in [1.82, 2.24) is 0 Å². The lowest BCUT2D eigenvalue weighted by Gasteiger charge is -2.41. The molecule has 0 amide bonds. The van der Waals surface area contributed by atoms with E-state index in [9.17, 15) is 15.0 Å². The number of fused-ring (bicyclic) bond motifs is 4. The monoisotopic (exact) mass is 500 g/mol. The van der Waals surface area contributed by atoms with E-state index in [0.29, 0.717) is 40.4 Å². The summed E-state index contributed by atoms with van der Waals surface area (Å²) in [5.41, 5.74) is 0.737. The maximum atomic E-state index is 12.9. The number of allylic oxidation sites excluding steroid dienone is 1. The van der Waals surface area contributed by atoms with Gasteiger partial charge in [0.25, 0.3) is 0 Å². The molecule has 0 unspecified atom stereocenters. The van der Waals surface area contributed by atoms with Crippen LogP contribution in [-0.4, -0.2) is 49.9 Å². The van der Waals surface area contributed by atoms with Crippen molar-refractivity contribution in [3.05, 3.63) is 34.9 Å². The van der Waals surface area contributed by atoms with E-state index < -0.39 is 23.6 Å². The molecule has 1 heterocycles. The number of rotatable bonds is 5. The van der Waals surface area contributed by atoms with E-state index in [4.69, 9.17) is 28.4 Å². The van der Waals surface area contributed by atoms with Crippen LogP contribution < -0.4 is 23.7 Å². The van der Waals surface area contributed by atoms with Crippen LogP contribution in [0.25, 0.3) is 11.1 Å². The van der Waals surface area contributed by atoms with Crippen molar-refractivity contribution in [3.8, 4) is 45.6 Å². The summed E-state index contributed by atoms with van der Waals surface area (Å²) in [6.07, 6.45) is 0.827. The Balaban J connectivity index is 2.14. The maximum absolute atomic E-state index is 12.9. The second kappa shape index (κ2) is 9.46. The molecular formula is C27H32O9. The standard InChI is InChI=1S/C27H32O9/c1-8-13(2)26(29)36-25-16-11-17(31-5)22(32-6)21(28)20(16)19-15(9-14(3)27(25,4)30)10-18-23(24(19)33-7)35-12-34-18/h8,10-11,14,25,28,30H,9,12H2,1-7H3/t14-,25+,27-/m1/s1. The molecule has 2 N–H and O–H groups in total. The summed E-state index contributed by atoms with van der Waals surface area (Å²) in [4.78, 5) is 12.9. The van der Waals surface area contributed by atoms with Crippen molar-refractivity contribution >= 4 is 5.97 Å². The van der Waals surface area contributed by atoms with E-state index in [1.165, 1.54) is 21.3 Å². The zero-order chi connectivity index (χ0) is 26.4. The first-order valence-corrected chi connectivity index (χ1v) is 11.6. The molecule has 9 nitrogen and oxygen atoms in total. The van der Waals surface area contributed by atoms with Crippen LogP contribution in [0.2, 0.25) is 0 Å². The summed E-state index contributed by atoms with van der Waals surface area (Å²) >= 11 is 0. The molecule has 1 aliphatic carbocycles. The summed E-state index contributed by atoms with van der Waals surface area (Å²) < 4.78 is 34.0. The fourth-order valence-corrected chi connectivity index (χ4v) is 4.77. The number of phenols is 1. The number of aromatic hydroxyl groups is 1. The van der Waals surface area contributed by atoms with Crippen LogP contribution >= 0.6 is 0 Å². The van der Waals surface area contributed by atoms with Gasteiger partial charge < -0.3 is 38.6 Å². The summed E-state index contributed by atoms with van der Waals surface area (Å²) in [5, 5.41) is 23.4. The van der Waals surface area contributed by atoms with Gasteiger partial charge in [-0.2, -0.15) is 0 Å². The van der Waals surface area contributed by atoms with Gasteiger partial charge in [-0.3, -0.25) is 0 Å². The van der Waals surface area contributed by atoms with Crippen LogP contribution in [0, 0.1) is 5.92 Å². The number of hydrogen-bond acceptors (Lipinski definition) is 9. The lowest BCUT2D eigenvalue weighted by molar-refractivity contribution is -0.166. The second-order valence-electron chi connectivity index (χ2n) is 9.19. The molecule has 0 saturated heterocycles. The molecule has 4 rings (SSSR count). The highest BCUT2D eigenvalue weighted by Gasteiger charge is 2.47. The van der Waals surface area contributed by atoms with E-state index >= 15 is 0 Å². The third-order valence-corrected chi connectivity index (χ3v) is 7.15. The third kappa shape index (κ3) is 3.87. The van der Waals surface area contributed by atoms with E-state index in [0.717, 1.165) is 5.56 Å². The Hall–Kier alpha value is -3.59. The zero-order valence-corrected chi connectivity index (χ0v) is 21.6. The first-order chi connectivity index (χ1) is 17.1. The number of ether oxygens (including phenoxy) is 6. The summed E-state index contributed by atoms with van der Waals surface area (Å²) in [6, 6.07) is 3.43. The normalized spacial score (nSPS) is 22.6. The van der Waals surface area contributed by atoms with Gasteiger partial charge in [-0.15, -0.1) is 0 Å². The van der Waals surface area contributed by atoms with Crippen LogP contribution in [0.4, 0.5) is 0 Å². The predicted molar refractivity (Wildman–Crippen MR) is 131 cm³/mol. The predicted octanol–water partition coefficient (Wildman–Crippen LogP) is 4.31. The third-order valence-electron chi connectivity index (χ3n) is 7.15. The van der Waals surface area contributed by atoms with Crippen molar-refractivity contribution in [2.24, 2.45) is 5.92 Å². The Bertz CT molecular complexity index is 1230. The van der Waals surface area contributed by atoms with Crippen LogP contribution in [-0.2, 0) is 16.0 Å². The lowest BCUT2D eigenvalue weighted by Crippen LogP contribution is -2.43. The summed E-state index contributed by atoms with van der Waals surface area (Å²) in [5.74, 6) is 0.322. The zero-order valence-electron chi connectivity index (χ0n) is 21.6. The van der Waals surface area contributed by atoms with Gasteiger partial charge in [-0.25, -0.2) is 4.79 Å². The quantitative estimate of drug-likeness (QED) is 0.458. The van der Waals surface area contributed by atoms with Gasteiger partial charge >= 0.3 is 5.97 Å². The Kier molecular flexibility index (Phi) is 6.70. The number of carbonyl (C=O) groups is 1. The fraction of sp³-hybridized carbons (Fsp3) is 0.444. The molecule has 1 aliphatic heterocycles. The van der Waals surface area contributed by atoms with Crippen molar-refractivity contribution in [3.63, 3.8) is 0 Å². The van der Waals surface area contributed by atoms with Crippen molar-refractivity contribution < 1.29 is 43.4 Å². The van der Waals surface area contributed by atoms with E-state index in [1.54, 1.807) is 32.9 Å². The topological polar surface area (TPSA) is 113 Å². The van der Waals surface area contributed by atoms with Crippen molar-refractivity contribution in [2.75, 3.05) is 28.1 Å². The highest BCUT2D eigenvalue weighted by atomic mass is 16.7. The van der Waals surface area contributed by atoms with Gasteiger partial charge in [0.05, 0.1) is 21.3 Å². The molecule has 2 aromatic rings. The van der Waals surface area contributed by atoms with Gasteiger partial charge in [-0.05, 0) is 50.8 Å². The molecule has 0 radical (unpaired) electrons. The van der Waals surface area contributed by atoms with Gasteiger partial charge in [-0.1, -0.05) is 13.0 Å². The molecular weight excluding hydrogens is 468 g/mol. The fourth-order valence-electron chi connectivity index (χ4n) is 4.77. The Labute approximate surface area is 210 Å². The molecule has 0 fully saturated rings. The minimum Gasteiger partial charge on any atom is -0.504 e. The number of hydrogen-bond donors (Lipinski definition) is 2. The van der Waals surface area contributed by atoms with Gasteiger partial charge in [0.15, 0.2) is 29.1 Å². The lowest BCUT2D eigenvalue weighted by atomic mass is 9.73. The average Bonchev–Trinajstić information content (AvgIpc) is 3.33. The Morgan fingerprint density at radius 1 is 1.11 bits per heavy atom. The Morgan fingerprint density at radius 2 is 1.81 bits per heavy atom. The van der Waals surface area contributed by atoms with E-state index in [2.05, 4.69) is 0 Å². The first-order valence-electron chi connectivity index (χ1n) is 11.6. The Morgan fingerprint density at radius 3 is 2.42 bits per heavy atom. The maximum Gasteiger partial charge on any atom is 0.334 e. The number of aliphatic hydroxyl groups is 1. The number of benzene rings is 2. The minimum absolute atomic E-state index is 0.0233. The highest BCUT2D eigenvalue weighted by Crippen LogP contribution is 2.58. The van der Waals surface area contributed by atoms with E-state index in [-0.39, 0.29) is 29.6 Å². The highest BCUT2D eigenvalue weighted by molar-refractivity contribution is 5.90. The molecule has 194 valence electrons. The van der Waals surface area contributed by atoms with Crippen LogP contribution in [0.1, 0.15) is 44.9 Å². The van der Waals surface area contributed by atoms with Gasteiger partial charge in [0, 0.05) is 22.3 Å². The van der Waals surface area contributed by atoms with Gasteiger partial charge in [0.2, 0.25) is 18.3 Å². The summed E-state index contributed by atoms with van der Waals surface area (Å²) in [6.45, 7) is 6.88. The number of esters is 1. The first kappa shape index (κ1) is 25.5. The largest absolute Gasteiger partial charge is 0.504 e. The molecule has 36 heavy (non-hydrogen) atoms. The smallest absolute Gasteiger partial charge is 0.334 e. The van der Waals surface area contributed by atoms with E-state index in [1.807, 2.05) is 13.0 Å².